The highest BCUT2D eigenvalue weighted by Gasteiger charge is 2.41. The highest BCUT2D eigenvalue weighted by atomic mass is 16.7. The van der Waals surface area contributed by atoms with Crippen molar-refractivity contribution >= 4 is 5.97 Å². The van der Waals surface area contributed by atoms with Crippen molar-refractivity contribution in [2.75, 3.05) is 13.2 Å². The molecule has 0 radical (unpaired) electrons. The molecule has 80 valence electrons. The minimum Gasteiger partial charge on any atom is -0.481 e. The van der Waals surface area contributed by atoms with E-state index in [2.05, 4.69) is 0 Å². The van der Waals surface area contributed by atoms with E-state index in [0.717, 1.165) is 25.7 Å². The first-order valence-electron chi connectivity index (χ1n) is 5.20. The maximum atomic E-state index is 10.6. The molecule has 1 heterocycles. The summed E-state index contributed by atoms with van der Waals surface area (Å²) in [5.41, 5.74) is 0. The van der Waals surface area contributed by atoms with E-state index in [0.29, 0.717) is 13.2 Å². The lowest BCUT2D eigenvalue weighted by Gasteiger charge is -2.35. The van der Waals surface area contributed by atoms with Crippen molar-refractivity contribution in [1.29, 1.82) is 0 Å². The molecule has 2 aliphatic rings. The first kappa shape index (κ1) is 9.93. The lowest BCUT2D eigenvalue weighted by Crippen LogP contribution is -2.36. The smallest absolute Gasteiger partial charge is 0.303 e. The van der Waals surface area contributed by atoms with Gasteiger partial charge < -0.3 is 14.6 Å². The summed E-state index contributed by atoms with van der Waals surface area (Å²) in [6, 6.07) is 0. The number of rotatable bonds is 2. The van der Waals surface area contributed by atoms with Crippen molar-refractivity contribution in [2.24, 2.45) is 5.92 Å². The molecule has 1 N–H and O–H groups in total. The van der Waals surface area contributed by atoms with E-state index in [4.69, 9.17) is 14.6 Å². The Balaban J connectivity index is 1.93. The molecule has 1 aliphatic heterocycles. The van der Waals surface area contributed by atoms with Gasteiger partial charge in [-0.1, -0.05) is 0 Å². The molecular weight excluding hydrogens is 184 g/mol. The minimum absolute atomic E-state index is 0.222. The fraction of sp³-hybridized carbons (Fsp3) is 0.900. The van der Waals surface area contributed by atoms with Crippen LogP contribution in [0.15, 0.2) is 0 Å². The van der Waals surface area contributed by atoms with Gasteiger partial charge in [-0.25, -0.2) is 0 Å². The summed E-state index contributed by atoms with van der Waals surface area (Å²) in [6.07, 6.45) is 3.91. The molecule has 2 rings (SSSR count). The average Bonchev–Trinajstić information content (AvgIpc) is 2.52. The van der Waals surface area contributed by atoms with Crippen LogP contribution in [-0.2, 0) is 14.3 Å². The highest BCUT2D eigenvalue weighted by Crippen LogP contribution is 2.39. The van der Waals surface area contributed by atoms with Crippen molar-refractivity contribution in [2.45, 2.75) is 37.9 Å². The predicted octanol–water partition coefficient (Wildman–Crippen LogP) is 1.39. The van der Waals surface area contributed by atoms with Crippen molar-refractivity contribution < 1.29 is 19.4 Å². The second kappa shape index (κ2) is 3.87. The Hall–Kier alpha value is -0.610. The Morgan fingerprint density at radius 3 is 2.79 bits per heavy atom. The molecule has 1 saturated carbocycles. The summed E-state index contributed by atoms with van der Waals surface area (Å²) in [4.78, 5) is 10.6. The average molecular weight is 200 g/mol. The largest absolute Gasteiger partial charge is 0.481 e. The Kier molecular flexibility index (Phi) is 2.74. The zero-order valence-electron chi connectivity index (χ0n) is 8.20. The zero-order chi connectivity index (χ0) is 10.0. The summed E-state index contributed by atoms with van der Waals surface area (Å²) < 4.78 is 11.2. The Morgan fingerprint density at radius 2 is 2.14 bits per heavy atom. The molecule has 2 fully saturated rings. The topological polar surface area (TPSA) is 55.8 Å². The van der Waals surface area contributed by atoms with Gasteiger partial charge in [0, 0.05) is 19.3 Å². The minimum atomic E-state index is -0.718. The van der Waals surface area contributed by atoms with E-state index < -0.39 is 11.8 Å². The molecule has 1 aliphatic carbocycles. The monoisotopic (exact) mass is 200 g/mol. The molecule has 0 bridgehead atoms. The summed E-state index contributed by atoms with van der Waals surface area (Å²) >= 11 is 0. The highest BCUT2D eigenvalue weighted by molar-refractivity contribution is 5.67. The van der Waals surface area contributed by atoms with E-state index in [1.807, 2.05) is 0 Å². The van der Waals surface area contributed by atoms with Crippen LogP contribution in [-0.4, -0.2) is 30.1 Å². The number of ether oxygens (including phenoxy) is 2. The molecular formula is C10H16O4. The van der Waals surface area contributed by atoms with Gasteiger partial charge in [0.1, 0.15) is 0 Å². The van der Waals surface area contributed by atoms with Gasteiger partial charge >= 0.3 is 5.97 Å². The van der Waals surface area contributed by atoms with Crippen LogP contribution in [0.5, 0.6) is 0 Å². The third kappa shape index (κ3) is 2.07. The Bertz CT molecular complexity index is 220. The van der Waals surface area contributed by atoms with Crippen molar-refractivity contribution in [1.82, 2.24) is 0 Å². The van der Waals surface area contributed by atoms with E-state index in [-0.39, 0.29) is 12.3 Å². The first-order valence-corrected chi connectivity index (χ1v) is 5.20. The second-order valence-electron chi connectivity index (χ2n) is 4.17. The van der Waals surface area contributed by atoms with Crippen molar-refractivity contribution in [3.8, 4) is 0 Å². The van der Waals surface area contributed by atoms with Gasteiger partial charge in [0.2, 0.25) is 0 Å². The van der Waals surface area contributed by atoms with E-state index >= 15 is 0 Å². The molecule has 1 spiro atoms. The second-order valence-corrected chi connectivity index (χ2v) is 4.17. The van der Waals surface area contributed by atoms with Gasteiger partial charge in [-0.05, 0) is 18.8 Å². The SMILES string of the molecule is O=C(O)C[C@@H]1CCCC2(C1)OCCO2. The van der Waals surface area contributed by atoms with Crippen LogP contribution in [0.1, 0.15) is 32.1 Å². The van der Waals surface area contributed by atoms with Crippen LogP contribution in [0.25, 0.3) is 0 Å². The molecule has 4 nitrogen and oxygen atoms in total. The number of carboxylic acid groups (broad SMARTS) is 1. The van der Waals surface area contributed by atoms with E-state index in [9.17, 15) is 4.79 Å². The predicted molar refractivity (Wildman–Crippen MR) is 48.8 cm³/mol. The number of hydrogen-bond donors (Lipinski definition) is 1. The fourth-order valence-corrected chi connectivity index (χ4v) is 2.48. The lowest BCUT2D eigenvalue weighted by molar-refractivity contribution is -0.188. The summed E-state index contributed by atoms with van der Waals surface area (Å²) in [7, 11) is 0. The van der Waals surface area contributed by atoms with Gasteiger partial charge in [0.15, 0.2) is 5.79 Å². The summed E-state index contributed by atoms with van der Waals surface area (Å²) in [5.74, 6) is -0.928. The maximum Gasteiger partial charge on any atom is 0.303 e. The van der Waals surface area contributed by atoms with Crippen LogP contribution in [0.2, 0.25) is 0 Å². The summed E-state index contributed by atoms with van der Waals surface area (Å²) in [6.45, 7) is 1.31. The molecule has 0 aromatic carbocycles. The van der Waals surface area contributed by atoms with Crippen LogP contribution < -0.4 is 0 Å². The van der Waals surface area contributed by atoms with E-state index in [1.54, 1.807) is 0 Å². The van der Waals surface area contributed by atoms with Crippen LogP contribution >= 0.6 is 0 Å². The number of carboxylic acids is 1. The molecule has 0 amide bonds. The molecule has 14 heavy (non-hydrogen) atoms. The normalized spacial score (nSPS) is 30.7. The first-order chi connectivity index (χ1) is 6.70. The molecule has 4 heteroatoms. The number of hydrogen-bond acceptors (Lipinski definition) is 3. The molecule has 0 unspecified atom stereocenters. The third-order valence-corrected chi connectivity index (χ3v) is 3.05. The summed E-state index contributed by atoms with van der Waals surface area (Å²) in [5, 5.41) is 8.72. The van der Waals surface area contributed by atoms with Gasteiger partial charge in [-0.2, -0.15) is 0 Å². The molecule has 0 aromatic rings. The van der Waals surface area contributed by atoms with Crippen molar-refractivity contribution in [3.05, 3.63) is 0 Å². The number of carbonyl (C=O) groups is 1. The standard InChI is InChI=1S/C10H16O4/c11-9(12)6-8-2-1-3-10(7-8)13-4-5-14-10/h8H,1-7H2,(H,11,12)/t8-/m0/s1. The molecule has 1 saturated heterocycles. The van der Waals surface area contributed by atoms with Gasteiger partial charge in [0.05, 0.1) is 13.2 Å². The van der Waals surface area contributed by atoms with Gasteiger partial charge in [0.25, 0.3) is 0 Å². The maximum absolute atomic E-state index is 10.6. The van der Waals surface area contributed by atoms with Gasteiger partial charge in [-0.3, -0.25) is 4.79 Å². The van der Waals surface area contributed by atoms with Gasteiger partial charge in [-0.15, -0.1) is 0 Å². The number of aliphatic carboxylic acids is 1. The quantitative estimate of drug-likeness (QED) is 0.732. The Labute approximate surface area is 83.2 Å². The fourth-order valence-electron chi connectivity index (χ4n) is 2.48. The molecule has 1 atom stereocenters. The third-order valence-electron chi connectivity index (χ3n) is 3.05. The van der Waals surface area contributed by atoms with Crippen LogP contribution in [0.3, 0.4) is 0 Å². The van der Waals surface area contributed by atoms with Crippen molar-refractivity contribution in [3.63, 3.8) is 0 Å². The van der Waals surface area contributed by atoms with Crippen LogP contribution in [0, 0.1) is 5.92 Å². The van der Waals surface area contributed by atoms with E-state index in [1.165, 1.54) is 0 Å². The lowest BCUT2D eigenvalue weighted by atomic mass is 9.83. The van der Waals surface area contributed by atoms with Crippen LogP contribution in [0.4, 0.5) is 0 Å². The zero-order valence-corrected chi connectivity index (χ0v) is 8.20. The molecule has 0 aromatic heterocycles. The Morgan fingerprint density at radius 1 is 1.43 bits per heavy atom.